The molecule has 40 heavy (non-hydrogen) atoms. The number of benzene rings is 3. The first kappa shape index (κ1) is 30.5. The summed E-state index contributed by atoms with van der Waals surface area (Å²) in [6.45, 7) is 2.70. The Kier molecular flexibility index (Phi) is 11.4. The number of aryl methyl sites for hydroxylation is 1. The molecule has 0 aliphatic carbocycles. The zero-order chi connectivity index (χ0) is 29.0. The van der Waals surface area contributed by atoms with Crippen molar-refractivity contribution in [1.29, 1.82) is 0 Å². The van der Waals surface area contributed by atoms with E-state index in [1.807, 2.05) is 30.3 Å². The minimum atomic E-state index is -4.48. The lowest BCUT2D eigenvalue weighted by Gasteiger charge is -2.22. The number of nitrogens with zero attached hydrogens (tertiary/aromatic N) is 1. The monoisotopic (exact) mass is 559 g/mol. The summed E-state index contributed by atoms with van der Waals surface area (Å²) in [5.74, 6) is -0.487. The van der Waals surface area contributed by atoms with Crippen LogP contribution >= 0.6 is 0 Å². The van der Waals surface area contributed by atoms with Crippen LogP contribution in [-0.4, -0.2) is 54.5 Å². The van der Waals surface area contributed by atoms with Crippen LogP contribution in [-0.2, 0) is 28.5 Å². The van der Waals surface area contributed by atoms with E-state index in [4.69, 9.17) is 14.2 Å². The fourth-order valence-electron chi connectivity index (χ4n) is 3.92. The molecule has 3 aromatic carbocycles. The van der Waals surface area contributed by atoms with Gasteiger partial charge < -0.3 is 24.2 Å². The van der Waals surface area contributed by atoms with Crippen molar-refractivity contribution in [3.05, 3.63) is 95.6 Å². The van der Waals surface area contributed by atoms with Crippen LogP contribution in [0.1, 0.15) is 30.0 Å². The van der Waals surface area contributed by atoms with Crippen molar-refractivity contribution in [3.8, 4) is 11.5 Å². The fraction of sp³-hybridized carbons (Fsp3) is 0.333. The van der Waals surface area contributed by atoms with E-state index in [0.29, 0.717) is 25.3 Å². The quantitative estimate of drug-likeness (QED) is 0.251. The highest BCUT2D eigenvalue weighted by Gasteiger charge is 2.30. The minimum Gasteiger partial charge on any atom is -0.492 e. The summed E-state index contributed by atoms with van der Waals surface area (Å²) in [7, 11) is 0. The predicted octanol–water partition coefficient (Wildman–Crippen LogP) is 6.25. The minimum absolute atomic E-state index is 0.00860. The maximum absolute atomic E-state index is 12.9. The smallest absolute Gasteiger partial charge is 0.416 e. The second kappa shape index (κ2) is 14.9. The van der Waals surface area contributed by atoms with Gasteiger partial charge in [0, 0.05) is 19.6 Å². The first-order chi connectivity index (χ1) is 19.2. The van der Waals surface area contributed by atoms with E-state index in [2.05, 4.69) is 0 Å². The number of amides is 1. The highest BCUT2D eigenvalue weighted by Crippen LogP contribution is 2.30. The number of ether oxygens (including phenoxy) is 3. The molecular formula is C30H32F3NO6. The number of hydrogen-bond acceptors (Lipinski definition) is 5. The van der Waals surface area contributed by atoms with E-state index in [9.17, 15) is 27.9 Å². The number of hydrogen-bond donors (Lipinski definition) is 1. The van der Waals surface area contributed by atoms with Gasteiger partial charge in [-0.1, -0.05) is 42.5 Å². The molecule has 0 aliphatic rings. The number of halogens is 3. The van der Waals surface area contributed by atoms with Gasteiger partial charge in [-0.3, -0.25) is 0 Å². The van der Waals surface area contributed by atoms with Crippen LogP contribution in [0.4, 0.5) is 18.0 Å². The standard InChI is InChI=1S/C30H32F3NO6/c1-2-38-27(28(35)36)21-23-10-14-25(15-11-23)39-20-19-34(18-6-9-22-7-4-3-5-8-22)29(37)40-26-16-12-24(13-17-26)30(31,32)33/h3-5,7-8,10-17,27H,2,6,9,18-21H2,1H3,(H,35,36). The van der Waals surface area contributed by atoms with E-state index in [0.717, 1.165) is 41.8 Å². The van der Waals surface area contributed by atoms with Gasteiger partial charge in [-0.2, -0.15) is 13.2 Å². The number of carboxylic acids is 1. The van der Waals surface area contributed by atoms with Gasteiger partial charge in [-0.05, 0) is 67.3 Å². The average Bonchev–Trinajstić information content (AvgIpc) is 2.93. The van der Waals surface area contributed by atoms with Crippen molar-refractivity contribution in [3.63, 3.8) is 0 Å². The molecule has 10 heteroatoms. The summed E-state index contributed by atoms with van der Waals surface area (Å²) < 4.78 is 54.9. The van der Waals surface area contributed by atoms with Crippen molar-refractivity contribution in [2.45, 2.75) is 38.5 Å². The van der Waals surface area contributed by atoms with Gasteiger partial charge in [0.05, 0.1) is 12.1 Å². The van der Waals surface area contributed by atoms with Crippen molar-refractivity contribution in [2.24, 2.45) is 0 Å². The molecule has 0 aliphatic heterocycles. The lowest BCUT2D eigenvalue weighted by molar-refractivity contribution is -0.150. The molecule has 0 aromatic heterocycles. The third-order valence-corrected chi connectivity index (χ3v) is 6.00. The molecule has 0 radical (unpaired) electrons. The fourth-order valence-corrected chi connectivity index (χ4v) is 3.92. The normalized spacial score (nSPS) is 12.0. The molecule has 0 saturated carbocycles. The van der Waals surface area contributed by atoms with Crippen LogP contribution in [0.25, 0.3) is 0 Å². The van der Waals surface area contributed by atoms with Gasteiger partial charge in [-0.25, -0.2) is 9.59 Å². The average molecular weight is 560 g/mol. The zero-order valence-electron chi connectivity index (χ0n) is 22.1. The second-order valence-corrected chi connectivity index (χ2v) is 8.95. The molecule has 214 valence electrons. The summed E-state index contributed by atoms with van der Waals surface area (Å²) in [5.41, 5.74) is 1.06. The molecule has 7 nitrogen and oxygen atoms in total. The molecule has 1 amide bonds. The summed E-state index contributed by atoms with van der Waals surface area (Å²) in [5, 5.41) is 9.26. The van der Waals surface area contributed by atoms with Gasteiger partial charge in [-0.15, -0.1) is 0 Å². The number of alkyl halides is 3. The molecule has 1 atom stereocenters. The van der Waals surface area contributed by atoms with Crippen molar-refractivity contribution < 1.29 is 42.1 Å². The van der Waals surface area contributed by atoms with Gasteiger partial charge in [0.1, 0.15) is 18.1 Å². The van der Waals surface area contributed by atoms with Gasteiger partial charge in [0.25, 0.3) is 0 Å². The third-order valence-electron chi connectivity index (χ3n) is 6.00. The SMILES string of the molecule is CCOC(Cc1ccc(OCCN(CCCc2ccccc2)C(=O)Oc2ccc(C(F)(F)F)cc2)cc1)C(=O)O. The van der Waals surface area contributed by atoms with Crippen LogP contribution in [0.5, 0.6) is 11.5 Å². The predicted molar refractivity (Wildman–Crippen MR) is 142 cm³/mol. The number of rotatable bonds is 14. The molecule has 1 unspecified atom stereocenters. The summed E-state index contributed by atoms with van der Waals surface area (Å²) in [6.07, 6.45) is -4.52. The van der Waals surface area contributed by atoms with Crippen molar-refractivity contribution in [2.75, 3.05) is 26.3 Å². The van der Waals surface area contributed by atoms with E-state index in [1.165, 1.54) is 4.90 Å². The van der Waals surface area contributed by atoms with E-state index < -0.39 is 29.9 Å². The Morgan fingerprint density at radius 3 is 2.12 bits per heavy atom. The van der Waals surface area contributed by atoms with Crippen LogP contribution in [0.15, 0.2) is 78.9 Å². The number of carbonyl (C=O) groups is 2. The molecule has 0 bridgehead atoms. The van der Waals surface area contributed by atoms with Crippen molar-refractivity contribution >= 4 is 12.1 Å². The molecule has 0 spiro atoms. The molecular weight excluding hydrogens is 527 g/mol. The van der Waals surface area contributed by atoms with Gasteiger partial charge >= 0.3 is 18.2 Å². The zero-order valence-corrected chi connectivity index (χ0v) is 22.1. The van der Waals surface area contributed by atoms with E-state index >= 15 is 0 Å². The number of aliphatic carboxylic acids is 1. The topological polar surface area (TPSA) is 85.3 Å². The third kappa shape index (κ3) is 9.92. The van der Waals surface area contributed by atoms with Crippen LogP contribution < -0.4 is 9.47 Å². The number of carboxylic acid groups (broad SMARTS) is 1. The molecule has 0 fully saturated rings. The Morgan fingerprint density at radius 2 is 1.52 bits per heavy atom. The highest BCUT2D eigenvalue weighted by atomic mass is 19.4. The maximum atomic E-state index is 12.9. The van der Waals surface area contributed by atoms with E-state index in [-0.39, 0.29) is 25.3 Å². The largest absolute Gasteiger partial charge is 0.492 e. The lowest BCUT2D eigenvalue weighted by Crippen LogP contribution is -2.37. The Balaban J connectivity index is 1.58. The van der Waals surface area contributed by atoms with Gasteiger partial charge in [0.2, 0.25) is 0 Å². The Bertz CT molecular complexity index is 1200. The molecule has 3 aromatic rings. The lowest BCUT2D eigenvalue weighted by atomic mass is 10.1. The number of carbonyl (C=O) groups excluding carboxylic acids is 1. The summed E-state index contributed by atoms with van der Waals surface area (Å²) in [6, 6.07) is 20.6. The summed E-state index contributed by atoms with van der Waals surface area (Å²) >= 11 is 0. The van der Waals surface area contributed by atoms with Crippen LogP contribution in [0.2, 0.25) is 0 Å². The highest BCUT2D eigenvalue weighted by molar-refractivity contribution is 5.72. The van der Waals surface area contributed by atoms with Gasteiger partial charge in [0.15, 0.2) is 6.10 Å². The van der Waals surface area contributed by atoms with E-state index in [1.54, 1.807) is 31.2 Å². The first-order valence-corrected chi connectivity index (χ1v) is 12.9. The summed E-state index contributed by atoms with van der Waals surface area (Å²) in [4.78, 5) is 25.7. The maximum Gasteiger partial charge on any atom is 0.416 e. The van der Waals surface area contributed by atoms with Crippen molar-refractivity contribution in [1.82, 2.24) is 4.90 Å². The molecule has 3 rings (SSSR count). The second-order valence-electron chi connectivity index (χ2n) is 8.95. The van der Waals surface area contributed by atoms with Crippen LogP contribution in [0.3, 0.4) is 0 Å². The Hall–Kier alpha value is -4.05. The molecule has 0 saturated heterocycles. The Morgan fingerprint density at radius 1 is 0.875 bits per heavy atom. The Labute approximate surface area is 231 Å². The molecule has 1 N–H and O–H groups in total. The van der Waals surface area contributed by atoms with Crippen LogP contribution in [0, 0.1) is 0 Å². The molecule has 0 heterocycles. The first-order valence-electron chi connectivity index (χ1n) is 12.9.